The van der Waals surface area contributed by atoms with Crippen LogP contribution in [-0.4, -0.2) is 20.3 Å². The number of rotatable bonds is 6. The van der Waals surface area contributed by atoms with E-state index >= 15 is 0 Å². The number of fused-ring (bicyclic) bond motifs is 1. The van der Waals surface area contributed by atoms with Crippen LogP contribution in [0.2, 0.25) is 0 Å². The van der Waals surface area contributed by atoms with Gasteiger partial charge >= 0.3 is 4.87 Å². The van der Waals surface area contributed by atoms with Crippen LogP contribution in [0, 0.1) is 6.92 Å². The van der Waals surface area contributed by atoms with Gasteiger partial charge in [0.25, 0.3) is 0 Å². The number of nitrogens with zero attached hydrogens (tertiary/aromatic N) is 3. The second-order valence-corrected chi connectivity index (χ2v) is 8.07. The van der Waals surface area contributed by atoms with Crippen molar-refractivity contribution in [2.75, 3.05) is 0 Å². The van der Waals surface area contributed by atoms with Gasteiger partial charge in [-0.2, -0.15) is 5.10 Å². The van der Waals surface area contributed by atoms with Gasteiger partial charge in [0.2, 0.25) is 5.91 Å². The molecule has 1 amide bonds. The average molecular weight is 397 g/mol. The second kappa shape index (κ2) is 8.14. The number of amides is 1. The van der Waals surface area contributed by atoms with E-state index in [1.807, 2.05) is 36.7 Å². The summed E-state index contributed by atoms with van der Waals surface area (Å²) in [5, 5.41) is 9.56. The van der Waals surface area contributed by atoms with Crippen LogP contribution in [0.3, 0.4) is 0 Å². The van der Waals surface area contributed by atoms with Crippen LogP contribution < -0.4 is 10.2 Å². The van der Waals surface area contributed by atoms with Gasteiger partial charge < -0.3 is 9.88 Å². The molecule has 4 rings (SSSR count). The minimum atomic E-state index is -0.0221. The summed E-state index contributed by atoms with van der Waals surface area (Å²) in [4.78, 5) is 24.3. The fraction of sp³-hybridized carbons (Fsp3) is 0.381. The first-order valence-corrected chi connectivity index (χ1v) is 10.5. The fourth-order valence-corrected chi connectivity index (χ4v) is 4.58. The summed E-state index contributed by atoms with van der Waals surface area (Å²) in [6.07, 6.45) is 5.14. The predicted molar refractivity (Wildman–Crippen MR) is 110 cm³/mol. The number of aromatic nitrogens is 3. The van der Waals surface area contributed by atoms with Gasteiger partial charge in [0, 0.05) is 35.3 Å². The second-order valence-electron chi connectivity index (χ2n) is 7.25. The van der Waals surface area contributed by atoms with Crippen LogP contribution in [0.5, 0.6) is 0 Å². The van der Waals surface area contributed by atoms with Crippen LogP contribution in [0.25, 0.3) is 0 Å². The Balaban J connectivity index is 1.42. The third-order valence-corrected chi connectivity index (χ3v) is 6.19. The molecule has 0 saturated carbocycles. The lowest BCUT2D eigenvalue weighted by atomic mass is 9.92. The molecule has 1 atom stereocenters. The van der Waals surface area contributed by atoms with Gasteiger partial charge in [-0.1, -0.05) is 41.7 Å². The SMILES string of the molecule is Cc1csc(=O)n1CCC(=O)NC1CCCc2c1cnn2Cc1ccccc1. The van der Waals surface area contributed by atoms with E-state index in [9.17, 15) is 9.59 Å². The van der Waals surface area contributed by atoms with Crippen molar-refractivity contribution in [3.05, 3.63) is 74.1 Å². The first kappa shape index (κ1) is 18.7. The highest BCUT2D eigenvalue weighted by Crippen LogP contribution is 2.30. The van der Waals surface area contributed by atoms with Crippen molar-refractivity contribution in [3.8, 4) is 0 Å². The van der Waals surface area contributed by atoms with Crippen molar-refractivity contribution in [2.45, 2.75) is 51.7 Å². The Labute approximate surface area is 167 Å². The Morgan fingerprint density at radius 3 is 2.89 bits per heavy atom. The lowest BCUT2D eigenvalue weighted by Gasteiger charge is -2.24. The largest absolute Gasteiger partial charge is 0.349 e. The standard InChI is InChI=1S/C21H24N4O2S/c1-15-14-28-21(27)24(15)11-10-20(26)23-18-8-5-9-19-17(18)12-22-25(19)13-16-6-3-2-4-7-16/h2-4,6-7,12,14,18H,5,8-11,13H2,1H3,(H,23,26). The van der Waals surface area contributed by atoms with Crippen LogP contribution in [-0.2, 0) is 24.3 Å². The monoisotopic (exact) mass is 396 g/mol. The van der Waals surface area contributed by atoms with E-state index in [4.69, 9.17) is 0 Å². The lowest BCUT2D eigenvalue weighted by molar-refractivity contribution is -0.122. The summed E-state index contributed by atoms with van der Waals surface area (Å²) in [5.41, 5.74) is 4.46. The van der Waals surface area contributed by atoms with E-state index in [0.717, 1.165) is 37.1 Å². The summed E-state index contributed by atoms with van der Waals surface area (Å²) in [7, 11) is 0. The Morgan fingerprint density at radius 1 is 1.32 bits per heavy atom. The van der Waals surface area contributed by atoms with Crippen molar-refractivity contribution in [2.24, 2.45) is 0 Å². The number of benzene rings is 1. The van der Waals surface area contributed by atoms with Crippen LogP contribution >= 0.6 is 11.3 Å². The van der Waals surface area contributed by atoms with Crippen molar-refractivity contribution < 1.29 is 4.79 Å². The molecule has 1 aromatic carbocycles. The zero-order chi connectivity index (χ0) is 19.5. The number of carbonyl (C=O) groups excluding carboxylic acids is 1. The molecular formula is C21H24N4O2S. The quantitative estimate of drug-likeness (QED) is 0.696. The average Bonchev–Trinajstić information content (AvgIpc) is 3.25. The van der Waals surface area contributed by atoms with Crippen LogP contribution in [0.1, 0.15) is 47.8 Å². The maximum absolute atomic E-state index is 12.5. The molecule has 1 aliphatic carbocycles. The van der Waals surface area contributed by atoms with Gasteiger partial charge in [-0.05, 0) is 31.7 Å². The number of hydrogen-bond donors (Lipinski definition) is 1. The Hall–Kier alpha value is -2.67. The van der Waals surface area contributed by atoms with E-state index in [1.54, 1.807) is 4.57 Å². The Kier molecular flexibility index (Phi) is 5.43. The third-order valence-electron chi connectivity index (χ3n) is 5.31. The molecular weight excluding hydrogens is 372 g/mol. The molecule has 0 fully saturated rings. The summed E-state index contributed by atoms with van der Waals surface area (Å²) in [5.74, 6) is -0.0221. The van der Waals surface area contributed by atoms with E-state index in [-0.39, 0.29) is 16.8 Å². The van der Waals surface area contributed by atoms with Gasteiger partial charge in [-0.15, -0.1) is 0 Å². The first-order valence-electron chi connectivity index (χ1n) is 9.64. The summed E-state index contributed by atoms with van der Waals surface area (Å²) >= 11 is 1.18. The number of thiazole rings is 1. The molecule has 1 unspecified atom stereocenters. The van der Waals surface area contributed by atoms with E-state index < -0.39 is 0 Å². The predicted octanol–water partition coefficient (Wildman–Crippen LogP) is 3.05. The minimum Gasteiger partial charge on any atom is -0.349 e. The Morgan fingerprint density at radius 2 is 2.14 bits per heavy atom. The minimum absolute atomic E-state index is 0.000988. The third kappa shape index (κ3) is 3.94. The maximum Gasteiger partial charge on any atom is 0.307 e. The highest BCUT2D eigenvalue weighted by Gasteiger charge is 2.25. The first-order chi connectivity index (χ1) is 13.6. The molecule has 0 spiro atoms. The zero-order valence-corrected chi connectivity index (χ0v) is 16.7. The van der Waals surface area contributed by atoms with Crippen molar-refractivity contribution >= 4 is 17.2 Å². The smallest absolute Gasteiger partial charge is 0.307 e. The molecule has 7 heteroatoms. The number of aryl methyl sites for hydroxylation is 1. The molecule has 2 heterocycles. The van der Waals surface area contributed by atoms with Crippen molar-refractivity contribution in [3.63, 3.8) is 0 Å². The molecule has 2 aromatic heterocycles. The molecule has 1 aliphatic rings. The molecule has 0 aliphatic heterocycles. The summed E-state index contributed by atoms with van der Waals surface area (Å²) < 4.78 is 3.71. The van der Waals surface area contributed by atoms with Gasteiger partial charge in [-0.3, -0.25) is 14.3 Å². The van der Waals surface area contributed by atoms with Gasteiger partial charge in [0.15, 0.2) is 0 Å². The number of hydrogen-bond acceptors (Lipinski definition) is 4. The number of nitrogens with one attached hydrogen (secondary N) is 1. The molecule has 146 valence electrons. The van der Waals surface area contributed by atoms with E-state index in [1.165, 1.54) is 22.6 Å². The van der Waals surface area contributed by atoms with Crippen molar-refractivity contribution in [1.29, 1.82) is 0 Å². The molecule has 6 nitrogen and oxygen atoms in total. The van der Waals surface area contributed by atoms with Crippen LogP contribution in [0.4, 0.5) is 0 Å². The highest BCUT2D eigenvalue weighted by atomic mass is 32.1. The Bertz CT molecular complexity index is 1020. The van der Waals surface area contributed by atoms with Gasteiger partial charge in [0.05, 0.1) is 18.8 Å². The van der Waals surface area contributed by atoms with Crippen LogP contribution in [0.15, 0.2) is 46.7 Å². The summed E-state index contributed by atoms with van der Waals surface area (Å²) in [6, 6.07) is 10.3. The normalized spacial score (nSPS) is 16.0. The fourth-order valence-electron chi connectivity index (χ4n) is 3.82. The van der Waals surface area contributed by atoms with E-state index in [2.05, 4.69) is 27.2 Å². The molecule has 28 heavy (non-hydrogen) atoms. The van der Waals surface area contributed by atoms with Gasteiger partial charge in [0.1, 0.15) is 0 Å². The lowest BCUT2D eigenvalue weighted by Crippen LogP contribution is -2.32. The number of carbonyl (C=O) groups is 1. The van der Waals surface area contributed by atoms with Crippen molar-refractivity contribution in [1.82, 2.24) is 19.7 Å². The maximum atomic E-state index is 12.5. The molecule has 1 N–H and O–H groups in total. The molecule has 0 radical (unpaired) electrons. The molecule has 3 aromatic rings. The molecule has 0 bridgehead atoms. The van der Waals surface area contributed by atoms with E-state index in [0.29, 0.717) is 13.0 Å². The zero-order valence-electron chi connectivity index (χ0n) is 15.9. The topological polar surface area (TPSA) is 68.9 Å². The highest BCUT2D eigenvalue weighted by molar-refractivity contribution is 7.07. The molecule has 0 saturated heterocycles. The summed E-state index contributed by atoms with van der Waals surface area (Å²) in [6.45, 7) is 3.06. The van der Waals surface area contributed by atoms with Gasteiger partial charge in [-0.25, -0.2) is 0 Å².